The molecule has 0 radical (unpaired) electrons. The van der Waals surface area contributed by atoms with Crippen molar-refractivity contribution in [3.8, 4) is 11.5 Å². The number of nitrogen functional groups attached to an aromatic ring is 1. The number of ether oxygens (including phenoxy) is 2. The van der Waals surface area contributed by atoms with E-state index in [1.807, 2.05) is 31.2 Å². The zero-order valence-corrected chi connectivity index (χ0v) is 18.3. The summed E-state index contributed by atoms with van der Waals surface area (Å²) in [7, 11) is 0. The fourth-order valence-corrected chi connectivity index (χ4v) is 3.84. The second-order valence-corrected chi connectivity index (χ2v) is 7.50. The highest BCUT2D eigenvalue weighted by atomic mass is 79.9. The lowest BCUT2D eigenvalue weighted by Crippen LogP contribution is -2.33. The van der Waals surface area contributed by atoms with Gasteiger partial charge in [0.1, 0.15) is 0 Å². The number of nitrogens with zero attached hydrogens (tertiary/aromatic N) is 6. The predicted octanol–water partition coefficient (Wildman–Crippen LogP) is 2.27. The highest BCUT2D eigenvalue weighted by Gasteiger charge is 2.25. The number of fused-ring (bicyclic) bond motifs is 1. The molecule has 31 heavy (non-hydrogen) atoms. The van der Waals surface area contributed by atoms with E-state index in [0.717, 1.165) is 16.9 Å². The number of nitrogens with two attached hydrogens (primary N) is 1. The van der Waals surface area contributed by atoms with Crippen molar-refractivity contribution in [3.05, 3.63) is 52.0 Å². The number of para-hydroxylation sites is 1. The van der Waals surface area contributed by atoms with Crippen molar-refractivity contribution in [2.75, 3.05) is 30.4 Å². The van der Waals surface area contributed by atoms with Gasteiger partial charge in [0.15, 0.2) is 18.1 Å². The molecular formula is C20H20BrN7O3. The molecule has 2 N–H and O–H groups in total. The van der Waals surface area contributed by atoms with Crippen LogP contribution in [0.1, 0.15) is 18.1 Å². The first-order valence-corrected chi connectivity index (χ1v) is 10.4. The summed E-state index contributed by atoms with van der Waals surface area (Å²) < 4.78 is 12.2. The van der Waals surface area contributed by atoms with Crippen LogP contribution in [0.15, 0.2) is 46.0 Å². The van der Waals surface area contributed by atoms with Crippen molar-refractivity contribution in [2.24, 2.45) is 5.10 Å². The van der Waals surface area contributed by atoms with E-state index in [2.05, 4.69) is 36.6 Å². The van der Waals surface area contributed by atoms with E-state index in [-0.39, 0.29) is 18.5 Å². The van der Waals surface area contributed by atoms with Gasteiger partial charge in [-0.2, -0.15) is 5.10 Å². The number of aromatic nitrogens is 4. The zero-order valence-electron chi connectivity index (χ0n) is 16.7. The van der Waals surface area contributed by atoms with Crippen LogP contribution in [0.5, 0.6) is 11.5 Å². The van der Waals surface area contributed by atoms with E-state index in [9.17, 15) is 4.79 Å². The fraction of sp³-hybridized carbons (Fsp3) is 0.250. The summed E-state index contributed by atoms with van der Waals surface area (Å²) in [6.07, 6.45) is 2.38. The maximum atomic E-state index is 12.8. The van der Waals surface area contributed by atoms with Crippen molar-refractivity contribution in [2.45, 2.75) is 13.3 Å². The molecule has 10 nitrogen and oxygen atoms in total. The molecule has 0 saturated carbocycles. The topological polar surface area (TPSA) is 121 Å². The molecule has 160 valence electrons. The highest BCUT2D eigenvalue weighted by Crippen LogP contribution is 2.37. The van der Waals surface area contributed by atoms with Crippen LogP contribution in [0.2, 0.25) is 0 Å². The molecule has 11 heteroatoms. The van der Waals surface area contributed by atoms with Crippen LogP contribution in [0.4, 0.5) is 11.6 Å². The second kappa shape index (κ2) is 9.13. The quantitative estimate of drug-likeness (QED) is 0.509. The first-order valence-electron chi connectivity index (χ1n) is 9.62. The molecule has 0 atom stereocenters. The van der Waals surface area contributed by atoms with Crippen molar-refractivity contribution >= 4 is 39.7 Å². The average Bonchev–Trinajstić information content (AvgIpc) is 3.37. The molecule has 2 aromatic carbocycles. The Bertz CT molecular complexity index is 1130. The largest absolute Gasteiger partial charge is 0.490 e. The van der Waals surface area contributed by atoms with Crippen LogP contribution >= 0.6 is 15.9 Å². The highest BCUT2D eigenvalue weighted by molar-refractivity contribution is 9.10. The Balaban J connectivity index is 1.50. The van der Waals surface area contributed by atoms with Gasteiger partial charge in [0, 0.05) is 12.2 Å². The van der Waals surface area contributed by atoms with Gasteiger partial charge in [-0.05, 0) is 69.0 Å². The molecule has 0 spiro atoms. The number of tetrazole rings is 1. The summed E-state index contributed by atoms with van der Waals surface area (Å²) in [4.78, 5) is 15.6. The smallest absolute Gasteiger partial charge is 0.264 e. The minimum absolute atomic E-state index is 0.0716. The van der Waals surface area contributed by atoms with E-state index >= 15 is 0 Å². The van der Waals surface area contributed by atoms with Gasteiger partial charge < -0.3 is 20.1 Å². The number of anilines is 2. The number of carbonyl (C=O) groups is 1. The van der Waals surface area contributed by atoms with Crippen LogP contribution in [0.25, 0.3) is 0 Å². The molecule has 1 aliphatic heterocycles. The van der Waals surface area contributed by atoms with Crippen LogP contribution in [0, 0.1) is 0 Å². The first-order chi connectivity index (χ1) is 15.1. The van der Waals surface area contributed by atoms with E-state index in [1.165, 1.54) is 11.8 Å². The third-order valence-electron chi connectivity index (χ3n) is 4.65. The number of amides is 1. The van der Waals surface area contributed by atoms with Gasteiger partial charge in [-0.3, -0.25) is 4.79 Å². The molecule has 1 aliphatic rings. The van der Waals surface area contributed by atoms with E-state index in [0.29, 0.717) is 34.7 Å². The van der Waals surface area contributed by atoms with E-state index < -0.39 is 0 Å². The van der Waals surface area contributed by atoms with Gasteiger partial charge >= 0.3 is 0 Å². The maximum Gasteiger partial charge on any atom is 0.264 e. The summed E-state index contributed by atoms with van der Waals surface area (Å²) in [6.45, 7) is 2.83. The Hall–Kier alpha value is -3.47. The van der Waals surface area contributed by atoms with E-state index in [1.54, 1.807) is 17.0 Å². The maximum absolute atomic E-state index is 12.8. The van der Waals surface area contributed by atoms with Gasteiger partial charge in [0.25, 0.3) is 11.9 Å². The summed E-state index contributed by atoms with van der Waals surface area (Å²) in [5, 5.41) is 14.8. The Morgan fingerprint density at radius 2 is 2.16 bits per heavy atom. The number of benzene rings is 2. The Labute approximate surface area is 186 Å². The fourth-order valence-electron chi connectivity index (χ4n) is 3.27. The van der Waals surface area contributed by atoms with Gasteiger partial charge in [-0.25, -0.2) is 0 Å². The van der Waals surface area contributed by atoms with Crippen LogP contribution in [0.3, 0.4) is 0 Å². The summed E-state index contributed by atoms with van der Waals surface area (Å²) in [6, 6.07) is 11.4. The van der Waals surface area contributed by atoms with Crippen molar-refractivity contribution in [1.82, 2.24) is 20.3 Å². The molecule has 4 rings (SSSR count). The minimum Gasteiger partial charge on any atom is -0.490 e. The molecule has 0 bridgehead atoms. The van der Waals surface area contributed by atoms with E-state index in [4.69, 9.17) is 15.2 Å². The van der Waals surface area contributed by atoms with Crippen molar-refractivity contribution in [1.29, 1.82) is 0 Å². The number of carbonyl (C=O) groups excluding carboxylic acids is 1. The normalized spacial score (nSPS) is 12.9. The second-order valence-electron chi connectivity index (χ2n) is 6.65. The first kappa shape index (κ1) is 20.8. The molecule has 0 fully saturated rings. The Kier molecular flexibility index (Phi) is 6.12. The number of hydrogen-bond acceptors (Lipinski definition) is 8. The summed E-state index contributed by atoms with van der Waals surface area (Å²) in [5.41, 5.74) is 8.42. The lowest BCUT2D eigenvalue weighted by Gasteiger charge is -2.19. The summed E-state index contributed by atoms with van der Waals surface area (Å²) >= 11 is 3.50. The Morgan fingerprint density at radius 1 is 1.32 bits per heavy atom. The van der Waals surface area contributed by atoms with Crippen LogP contribution < -0.4 is 20.1 Å². The number of rotatable bonds is 7. The van der Waals surface area contributed by atoms with Gasteiger partial charge in [0.2, 0.25) is 0 Å². The lowest BCUT2D eigenvalue weighted by atomic mass is 10.2. The SMILES string of the molecule is CCOc1cc(C=Nn2nnnc2N)cc(Br)c1OCC(=O)N1CCc2ccccc21. The van der Waals surface area contributed by atoms with Crippen LogP contribution in [-0.2, 0) is 11.2 Å². The molecule has 0 saturated heterocycles. The van der Waals surface area contributed by atoms with Crippen molar-refractivity contribution < 1.29 is 14.3 Å². The van der Waals surface area contributed by atoms with Gasteiger partial charge in [0.05, 0.1) is 17.3 Å². The number of hydrogen-bond donors (Lipinski definition) is 1. The third kappa shape index (κ3) is 4.50. The molecule has 0 unspecified atom stereocenters. The average molecular weight is 486 g/mol. The predicted molar refractivity (Wildman–Crippen MR) is 119 cm³/mol. The lowest BCUT2D eigenvalue weighted by molar-refractivity contribution is -0.120. The van der Waals surface area contributed by atoms with Gasteiger partial charge in [-0.1, -0.05) is 28.1 Å². The summed E-state index contributed by atoms with van der Waals surface area (Å²) in [5.74, 6) is 0.890. The minimum atomic E-state index is -0.112. The molecular weight excluding hydrogens is 466 g/mol. The monoisotopic (exact) mass is 485 g/mol. The Morgan fingerprint density at radius 3 is 2.94 bits per heavy atom. The van der Waals surface area contributed by atoms with Gasteiger partial charge in [-0.15, -0.1) is 0 Å². The number of halogens is 1. The third-order valence-corrected chi connectivity index (χ3v) is 5.24. The molecule has 2 heterocycles. The molecule has 1 amide bonds. The van der Waals surface area contributed by atoms with Crippen molar-refractivity contribution in [3.63, 3.8) is 0 Å². The zero-order chi connectivity index (χ0) is 21.8. The molecule has 3 aromatic rings. The molecule has 0 aliphatic carbocycles. The molecule has 1 aromatic heterocycles. The standard InChI is InChI=1S/C20H20BrN7O3/c1-2-30-17-10-13(11-23-28-20(22)24-25-26-28)9-15(21)19(17)31-12-18(29)27-8-7-14-5-3-4-6-16(14)27/h3-6,9-11H,2,7-8,12H2,1H3,(H2,22,24,26). The van der Waals surface area contributed by atoms with Crippen LogP contribution in [-0.4, -0.2) is 52.2 Å².